The summed E-state index contributed by atoms with van der Waals surface area (Å²) in [5.41, 5.74) is 20.9. The van der Waals surface area contributed by atoms with E-state index < -0.39 is 5.54 Å². The zero-order valence-corrected chi connectivity index (χ0v) is 23.2. The summed E-state index contributed by atoms with van der Waals surface area (Å²) in [6, 6.07) is 28.9. The van der Waals surface area contributed by atoms with Gasteiger partial charge >= 0.3 is 37.7 Å². The fourth-order valence-electron chi connectivity index (χ4n) is 4.93. The molecule has 0 bridgehead atoms. The molecule has 4 heteroatoms. The van der Waals surface area contributed by atoms with Crippen molar-refractivity contribution in [1.82, 2.24) is 0 Å². The van der Waals surface area contributed by atoms with Gasteiger partial charge in [-0.15, -0.1) is 28.9 Å². The van der Waals surface area contributed by atoms with Crippen LogP contribution in [0, 0.1) is 12.1 Å². The third-order valence-electron chi connectivity index (χ3n) is 6.52. The number of hydrogen-bond donors (Lipinski definition) is 2. The predicted octanol–water partition coefficient (Wildman–Crippen LogP) is 0.915. The van der Waals surface area contributed by atoms with Crippen LogP contribution in [0.1, 0.15) is 69.4 Å². The first-order chi connectivity index (χ1) is 15.9. The Morgan fingerprint density at radius 3 is 1.89 bits per heavy atom. The number of nitrogens with two attached hydrogens (primary N) is 2. The van der Waals surface area contributed by atoms with E-state index in [-0.39, 0.29) is 48.6 Å². The van der Waals surface area contributed by atoms with Gasteiger partial charge in [0.2, 0.25) is 0 Å². The van der Waals surface area contributed by atoms with Gasteiger partial charge in [0.25, 0.3) is 0 Å². The first kappa shape index (κ1) is 30.3. The predicted molar refractivity (Wildman–Crippen MR) is 145 cm³/mol. The maximum absolute atomic E-state index is 7.13. The average Bonchev–Trinajstić information content (AvgIpc) is 2.80. The Bertz CT molecular complexity index is 1230. The largest absolute Gasteiger partial charge is 1.00 e. The summed E-state index contributed by atoms with van der Waals surface area (Å²) in [4.78, 5) is 0. The number of hydrogen-bond acceptors (Lipinski definition) is 2. The molecular formula is C32H36Li2N2. The summed E-state index contributed by atoms with van der Waals surface area (Å²) in [6.07, 6.45) is 4.20. The topological polar surface area (TPSA) is 52.0 Å². The smallest absolute Gasteiger partial charge is 0.334 e. The standard InChI is InChI=1S/C32H36N2.2Li/c1-30(2,3)27-19-13-18-24(28(27)31(4,5)6)26-21-32(34,23-16-11-8-12-17-23)20-25(29(26)33)22-14-9-7-10-15-22;;/h7-16,18-21H,33-34H2,1-6H3;;/q-2;2*+1. The number of benzene rings is 3. The van der Waals surface area contributed by atoms with Crippen molar-refractivity contribution < 1.29 is 37.7 Å². The maximum atomic E-state index is 7.13. The minimum atomic E-state index is -0.836. The van der Waals surface area contributed by atoms with Gasteiger partial charge in [0.1, 0.15) is 0 Å². The van der Waals surface area contributed by atoms with Gasteiger partial charge in [-0.05, 0) is 16.4 Å². The van der Waals surface area contributed by atoms with Gasteiger partial charge in [-0.25, -0.2) is 0 Å². The summed E-state index contributed by atoms with van der Waals surface area (Å²) >= 11 is 0. The van der Waals surface area contributed by atoms with E-state index in [0.29, 0.717) is 0 Å². The van der Waals surface area contributed by atoms with Crippen molar-refractivity contribution in [1.29, 1.82) is 0 Å². The maximum Gasteiger partial charge on any atom is 1.00 e. The first-order valence-corrected chi connectivity index (χ1v) is 12.0. The van der Waals surface area contributed by atoms with E-state index >= 15 is 0 Å². The van der Waals surface area contributed by atoms with Crippen LogP contribution in [0.15, 0.2) is 84.9 Å². The summed E-state index contributed by atoms with van der Waals surface area (Å²) in [5.74, 6) is 0. The van der Waals surface area contributed by atoms with Crippen LogP contribution in [0.4, 0.5) is 0 Å². The van der Waals surface area contributed by atoms with Crippen molar-refractivity contribution in [3.63, 3.8) is 0 Å². The molecule has 0 heterocycles. The van der Waals surface area contributed by atoms with Gasteiger partial charge in [0, 0.05) is 5.54 Å². The molecule has 1 atom stereocenters. The Hall–Kier alpha value is -1.88. The Balaban J connectivity index is 0.00000228. The summed E-state index contributed by atoms with van der Waals surface area (Å²) in [7, 11) is 0. The van der Waals surface area contributed by atoms with Crippen molar-refractivity contribution in [2.24, 2.45) is 11.5 Å². The number of rotatable bonds is 3. The average molecular weight is 463 g/mol. The van der Waals surface area contributed by atoms with Crippen molar-refractivity contribution in [2.75, 3.05) is 0 Å². The van der Waals surface area contributed by atoms with Crippen LogP contribution in [0.2, 0.25) is 0 Å². The second kappa shape index (κ2) is 11.2. The molecule has 4 N–H and O–H groups in total. The molecule has 1 aliphatic carbocycles. The molecule has 0 fully saturated rings. The van der Waals surface area contributed by atoms with E-state index in [9.17, 15) is 0 Å². The van der Waals surface area contributed by atoms with Crippen LogP contribution in [-0.2, 0) is 16.4 Å². The Labute approximate surface area is 242 Å². The normalized spacial score (nSPS) is 17.9. The second-order valence-electron chi connectivity index (χ2n) is 11.3. The molecule has 0 amide bonds. The van der Waals surface area contributed by atoms with Gasteiger partial charge in [-0.3, -0.25) is 0 Å². The van der Waals surface area contributed by atoms with Crippen molar-refractivity contribution >= 4 is 11.1 Å². The molecule has 0 radical (unpaired) electrons. The Morgan fingerprint density at radius 1 is 0.722 bits per heavy atom. The molecule has 2 nitrogen and oxygen atoms in total. The van der Waals surface area contributed by atoms with E-state index in [1.165, 1.54) is 11.1 Å². The summed E-state index contributed by atoms with van der Waals surface area (Å²) in [5, 5.41) is 0. The third kappa shape index (κ3) is 5.98. The minimum Gasteiger partial charge on any atom is -0.334 e. The van der Waals surface area contributed by atoms with E-state index in [4.69, 9.17) is 11.5 Å². The van der Waals surface area contributed by atoms with E-state index in [2.05, 4.69) is 90.1 Å². The van der Waals surface area contributed by atoms with Crippen LogP contribution >= 0.6 is 0 Å². The van der Waals surface area contributed by atoms with Crippen molar-refractivity contribution in [3.8, 4) is 0 Å². The fourth-order valence-corrected chi connectivity index (χ4v) is 4.93. The molecule has 1 unspecified atom stereocenters. The van der Waals surface area contributed by atoms with E-state index in [1.807, 2.05) is 42.5 Å². The molecule has 36 heavy (non-hydrogen) atoms. The molecule has 0 saturated carbocycles. The van der Waals surface area contributed by atoms with Crippen LogP contribution in [0.3, 0.4) is 0 Å². The molecule has 0 spiro atoms. The van der Waals surface area contributed by atoms with Gasteiger partial charge in [-0.1, -0.05) is 113 Å². The molecule has 176 valence electrons. The summed E-state index contributed by atoms with van der Waals surface area (Å²) < 4.78 is 0. The quantitative estimate of drug-likeness (QED) is 0.449. The van der Waals surface area contributed by atoms with E-state index in [0.717, 1.165) is 33.9 Å². The molecule has 0 saturated heterocycles. The Kier molecular flexibility index (Phi) is 9.48. The van der Waals surface area contributed by atoms with Gasteiger partial charge in [0.05, 0.1) is 0 Å². The Morgan fingerprint density at radius 2 is 1.33 bits per heavy atom. The molecule has 4 rings (SSSR count). The third-order valence-corrected chi connectivity index (χ3v) is 6.52. The van der Waals surface area contributed by atoms with Gasteiger partial charge < -0.3 is 11.5 Å². The van der Waals surface area contributed by atoms with Crippen LogP contribution in [0.25, 0.3) is 11.1 Å². The molecule has 0 aliphatic heterocycles. The van der Waals surface area contributed by atoms with Gasteiger partial charge in [-0.2, -0.15) is 30.3 Å². The van der Waals surface area contributed by atoms with Crippen LogP contribution in [0.5, 0.6) is 0 Å². The monoisotopic (exact) mass is 462 g/mol. The first-order valence-electron chi connectivity index (χ1n) is 12.0. The molecular weight excluding hydrogens is 426 g/mol. The zero-order chi connectivity index (χ0) is 24.7. The van der Waals surface area contributed by atoms with Crippen molar-refractivity contribution in [3.05, 3.63) is 125 Å². The fraction of sp³-hybridized carbons (Fsp3) is 0.281. The second-order valence-corrected chi connectivity index (χ2v) is 11.3. The van der Waals surface area contributed by atoms with Gasteiger partial charge in [0.15, 0.2) is 0 Å². The van der Waals surface area contributed by atoms with Crippen LogP contribution < -0.4 is 49.2 Å². The zero-order valence-electron chi connectivity index (χ0n) is 23.2. The summed E-state index contributed by atoms with van der Waals surface area (Å²) in [6.45, 7) is 13.6. The van der Waals surface area contributed by atoms with Crippen LogP contribution in [-0.4, -0.2) is 0 Å². The minimum absolute atomic E-state index is 0. The molecule has 3 aromatic carbocycles. The molecule has 3 aromatic rings. The van der Waals surface area contributed by atoms with E-state index in [1.54, 1.807) is 0 Å². The van der Waals surface area contributed by atoms with Crippen molar-refractivity contribution in [2.45, 2.75) is 57.9 Å². The molecule has 0 aromatic heterocycles. The SMILES string of the molecule is CC(C)(C)c1cccc(C2=CC(N)(c3[c-]cccc3)C=C(c3ccccc3)[C-]2N)c1C(C)(C)C.[Li+].[Li+]. The molecule has 1 aliphatic rings.